The molecule has 0 amide bonds. The highest BCUT2D eigenvalue weighted by Gasteiger charge is 2.21. The molecule has 0 saturated heterocycles. The largest absolute Gasteiger partial charge is 0.255 e. The summed E-state index contributed by atoms with van der Waals surface area (Å²) in [5.41, 5.74) is 5.07. The maximum absolute atomic E-state index is 4.91. The molecule has 1 nitrogen and oxygen atoms in total. The topological polar surface area (TPSA) is 12.9 Å². The lowest BCUT2D eigenvalue weighted by Crippen LogP contribution is -2.37. The van der Waals surface area contributed by atoms with E-state index in [1.165, 1.54) is 52.8 Å². The summed E-state index contributed by atoms with van der Waals surface area (Å²) in [6.07, 6.45) is 1.98. The molecule has 2 heterocycles. The van der Waals surface area contributed by atoms with Crippen LogP contribution in [-0.2, 0) is 5.41 Å². The van der Waals surface area contributed by atoms with Crippen LogP contribution in [0.25, 0.3) is 42.2 Å². The minimum absolute atomic E-state index is 0.0579. The Hall–Kier alpha value is -2.49. The van der Waals surface area contributed by atoms with E-state index in [2.05, 4.69) is 102 Å². The van der Waals surface area contributed by atoms with E-state index < -0.39 is 8.07 Å². The number of pyridine rings is 1. The van der Waals surface area contributed by atoms with Gasteiger partial charge in [0.2, 0.25) is 0 Å². The maximum Gasteiger partial charge on any atom is 0.0880 e. The lowest BCUT2D eigenvalue weighted by Gasteiger charge is -2.23. The lowest BCUT2D eigenvalue weighted by molar-refractivity contribution is 0.596. The van der Waals surface area contributed by atoms with Crippen molar-refractivity contribution in [1.29, 1.82) is 0 Å². The molecule has 0 N–H and O–H groups in total. The van der Waals surface area contributed by atoms with Crippen molar-refractivity contribution < 1.29 is 0 Å². The van der Waals surface area contributed by atoms with Crippen molar-refractivity contribution in [3.05, 3.63) is 71.9 Å². The molecule has 3 aromatic carbocycles. The fourth-order valence-corrected chi connectivity index (χ4v) is 7.12. The predicted molar refractivity (Wildman–Crippen MR) is 146 cm³/mol. The predicted octanol–water partition coefficient (Wildman–Crippen LogP) is 8.42. The molecule has 2 aromatic heterocycles. The average molecular weight is 454 g/mol. The van der Waals surface area contributed by atoms with Crippen LogP contribution in [0.1, 0.15) is 31.9 Å². The van der Waals surface area contributed by atoms with Gasteiger partial charge < -0.3 is 0 Å². The summed E-state index contributed by atoms with van der Waals surface area (Å²) in [6.45, 7) is 16.3. The standard InChI is InChI=1S/C29H31NSSi/c1-18-8-9-19-15-20(16-25(24(19)14-18)29(2,3)4)27-28-23(12-13-30-27)22-11-10-21(32(5,6)7)17-26(22)31-28/h8-17H,1-7H3. The van der Waals surface area contributed by atoms with Gasteiger partial charge in [-0.1, -0.05) is 81.5 Å². The zero-order valence-electron chi connectivity index (χ0n) is 20.1. The summed E-state index contributed by atoms with van der Waals surface area (Å²) in [5.74, 6) is 0. The van der Waals surface area contributed by atoms with E-state index in [1.54, 1.807) is 0 Å². The van der Waals surface area contributed by atoms with Crippen LogP contribution >= 0.6 is 11.3 Å². The number of rotatable bonds is 2. The molecule has 0 unspecified atom stereocenters. The zero-order chi connectivity index (χ0) is 22.8. The van der Waals surface area contributed by atoms with Crippen molar-refractivity contribution in [1.82, 2.24) is 4.98 Å². The highest BCUT2D eigenvalue weighted by Crippen LogP contribution is 2.41. The second-order valence-corrected chi connectivity index (χ2v) is 17.2. The van der Waals surface area contributed by atoms with Crippen LogP contribution in [-0.4, -0.2) is 13.1 Å². The van der Waals surface area contributed by atoms with Crippen LogP contribution in [0.2, 0.25) is 19.6 Å². The lowest BCUT2D eigenvalue weighted by atomic mass is 9.82. The highest BCUT2D eigenvalue weighted by molar-refractivity contribution is 7.26. The van der Waals surface area contributed by atoms with Gasteiger partial charge in [-0.05, 0) is 52.9 Å². The molecule has 3 heteroatoms. The molecule has 5 aromatic rings. The van der Waals surface area contributed by atoms with Gasteiger partial charge in [-0.3, -0.25) is 4.98 Å². The number of aromatic nitrogens is 1. The molecule has 0 aliphatic heterocycles. The molecule has 0 saturated carbocycles. The van der Waals surface area contributed by atoms with Crippen molar-refractivity contribution in [2.75, 3.05) is 0 Å². The van der Waals surface area contributed by atoms with Crippen LogP contribution in [0.5, 0.6) is 0 Å². The summed E-state index contributed by atoms with van der Waals surface area (Å²) < 4.78 is 2.67. The molecule has 0 aliphatic rings. The molecule has 32 heavy (non-hydrogen) atoms. The quantitative estimate of drug-likeness (QED) is 0.244. The minimum Gasteiger partial charge on any atom is -0.255 e. The first-order valence-electron chi connectivity index (χ1n) is 11.4. The molecular weight excluding hydrogens is 422 g/mol. The average Bonchev–Trinajstić information content (AvgIpc) is 3.09. The Labute approximate surface area is 196 Å². The number of nitrogens with zero attached hydrogens (tertiary/aromatic N) is 1. The molecule has 0 fully saturated rings. The van der Waals surface area contributed by atoms with E-state index in [9.17, 15) is 0 Å². The van der Waals surface area contributed by atoms with E-state index in [-0.39, 0.29) is 5.41 Å². The van der Waals surface area contributed by atoms with Gasteiger partial charge in [-0.2, -0.15) is 0 Å². The number of hydrogen-bond acceptors (Lipinski definition) is 2. The maximum atomic E-state index is 4.91. The van der Waals surface area contributed by atoms with Gasteiger partial charge in [0.15, 0.2) is 0 Å². The number of thiophene rings is 1. The Morgan fingerprint density at radius 1 is 0.812 bits per heavy atom. The number of hydrogen-bond donors (Lipinski definition) is 0. The Morgan fingerprint density at radius 2 is 1.59 bits per heavy atom. The van der Waals surface area contributed by atoms with Gasteiger partial charge in [0, 0.05) is 27.2 Å². The van der Waals surface area contributed by atoms with E-state index in [0.29, 0.717) is 0 Å². The van der Waals surface area contributed by atoms with Crippen molar-refractivity contribution in [3.63, 3.8) is 0 Å². The van der Waals surface area contributed by atoms with Gasteiger partial charge >= 0.3 is 0 Å². The van der Waals surface area contributed by atoms with Crippen LogP contribution in [0.3, 0.4) is 0 Å². The second-order valence-electron chi connectivity index (χ2n) is 11.1. The fourth-order valence-electron chi connectivity index (χ4n) is 4.60. The Bertz CT molecular complexity index is 1500. The molecule has 0 bridgehead atoms. The third-order valence-electron chi connectivity index (χ3n) is 6.45. The monoisotopic (exact) mass is 453 g/mol. The Balaban J connectivity index is 1.80. The van der Waals surface area contributed by atoms with Gasteiger partial charge in [-0.25, -0.2) is 0 Å². The molecule has 0 radical (unpaired) electrons. The normalized spacial score (nSPS) is 12.8. The van der Waals surface area contributed by atoms with E-state index in [1.807, 2.05) is 17.5 Å². The Morgan fingerprint density at radius 3 is 2.31 bits per heavy atom. The zero-order valence-corrected chi connectivity index (χ0v) is 21.9. The van der Waals surface area contributed by atoms with Crippen LogP contribution in [0.4, 0.5) is 0 Å². The van der Waals surface area contributed by atoms with Crippen molar-refractivity contribution >= 4 is 55.5 Å². The van der Waals surface area contributed by atoms with Crippen LogP contribution in [0.15, 0.2) is 60.8 Å². The number of benzene rings is 3. The summed E-state index contributed by atoms with van der Waals surface area (Å²) in [6, 6.07) is 20.8. The van der Waals surface area contributed by atoms with Gasteiger partial charge in [-0.15, -0.1) is 11.3 Å². The first kappa shape index (κ1) is 21.4. The SMILES string of the molecule is Cc1ccc2cc(-c3nccc4c3sc3cc([Si](C)(C)C)ccc34)cc(C(C)(C)C)c2c1. The molecule has 0 aliphatic carbocycles. The fraction of sp³-hybridized carbons (Fsp3) is 0.276. The summed E-state index contributed by atoms with van der Waals surface area (Å²) in [7, 11) is -1.35. The van der Waals surface area contributed by atoms with Crippen LogP contribution in [0, 0.1) is 6.92 Å². The highest BCUT2D eigenvalue weighted by atomic mass is 32.1. The molecule has 162 valence electrons. The first-order chi connectivity index (χ1) is 15.0. The number of aryl methyl sites for hydroxylation is 1. The third-order valence-corrected chi connectivity index (χ3v) is 9.66. The summed E-state index contributed by atoms with van der Waals surface area (Å²) in [5, 5.41) is 6.83. The minimum atomic E-state index is -1.35. The molecule has 5 rings (SSSR count). The number of fused-ring (bicyclic) bond motifs is 4. The molecule has 0 spiro atoms. The van der Waals surface area contributed by atoms with Gasteiger partial charge in [0.05, 0.1) is 18.5 Å². The van der Waals surface area contributed by atoms with Crippen molar-refractivity contribution in [2.45, 2.75) is 52.8 Å². The smallest absolute Gasteiger partial charge is 0.0880 e. The molecule has 0 atom stereocenters. The summed E-state index contributed by atoms with van der Waals surface area (Å²) >= 11 is 1.89. The van der Waals surface area contributed by atoms with Crippen molar-refractivity contribution in [3.8, 4) is 11.3 Å². The van der Waals surface area contributed by atoms with E-state index >= 15 is 0 Å². The summed E-state index contributed by atoms with van der Waals surface area (Å²) in [4.78, 5) is 4.91. The van der Waals surface area contributed by atoms with Gasteiger partial charge in [0.1, 0.15) is 0 Å². The van der Waals surface area contributed by atoms with Gasteiger partial charge in [0.25, 0.3) is 0 Å². The van der Waals surface area contributed by atoms with Crippen LogP contribution < -0.4 is 5.19 Å². The Kier molecular flexibility index (Phi) is 4.85. The molecular formula is C29H31NSSi. The van der Waals surface area contributed by atoms with E-state index in [4.69, 9.17) is 4.98 Å². The van der Waals surface area contributed by atoms with E-state index in [0.717, 1.165) is 5.69 Å². The second kappa shape index (κ2) is 7.26. The van der Waals surface area contributed by atoms with Crippen molar-refractivity contribution in [2.24, 2.45) is 0 Å². The first-order valence-corrected chi connectivity index (χ1v) is 15.7. The third kappa shape index (κ3) is 3.58.